The Balaban J connectivity index is 2.18. The molecule has 1 aliphatic rings. The van der Waals surface area contributed by atoms with Gasteiger partial charge in [-0.25, -0.2) is 9.37 Å². The molecule has 0 amide bonds. The van der Waals surface area contributed by atoms with Crippen molar-refractivity contribution in [1.82, 2.24) is 19.5 Å². The molecular formula is C11H14FN5O5. The van der Waals surface area contributed by atoms with Crippen LogP contribution in [0.5, 0.6) is 0 Å². The average molecular weight is 315 g/mol. The Morgan fingerprint density at radius 1 is 1.59 bits per heavy atom. The monoisotopic (exact) mass is 315 g/mol. The quantitative estimate of drug-likeness (QED) is 0.425. The van der Waals surface area contributed by atoms with Crippen molar-refractivity contribution in [3.63, 3.8) is 0 Å². The molecule has 0 unspecified atom stereocenters. The van der Waals surface area contributed by atoms with Gasteiger partial charge in [0.25, 0.3) is 11.4 Å². The summed E-state index contributed by atoms with van der Waals surface area (Å²) in [6.07, 6.45) is -2.13. The fourth-order valence-electron chi connectivity index (χ4n) is 2.44. The van der Waals surface area contributed by atoms with Crippen molar-refractivity contribution in [1.29, 1.82) is 0 Å². The van der Waals surface area contributed by atoms with Crippen molar-refractivity contribution in [2.45, 2.75) is 30.7 Å². The summed E-state index contributed by atoms with van der Waals surface area (Å²) < 4.78 is 20.8. The lowest BCUT2D eigenvalue weighted by Crippen LogP contribution is -2.53. The molecule has 1 aliphatic heterocycles. The second kappa shape index (κ2) is 4.46. The zero-order valence-electron chi connectivity index (χ0n) is 11.4. The van der Waals surface area contributed by atoms with Crippen molar-refractivity contribution >= 4 is 17.1 Å². The maximum atomic E-state index is 14.7. The molecule has 1 fully saturated rings. The number of imidazole rings is 1. The minimum Gasteiger partial charge on any atom is -0.394 e. The molecule has 10 nitrogen and oxygen atoms in total. The van der Waals surface area contributed by atoms with E-state index in [4.69, 9.17) is 10.5 Å². The van der Waals surface area contributed by atoms with Crippen LogP contribution in [-0.4, -0.2) is 59.0 Å². The van der Waals surface area contributed by atoms with Crippen LogP contribution in [0.3, 0.4) is 0 Å². The topological polar surface area (TPSA) is 160 Å². The van der Waals surface area contributed by atoms with Crippen molar-refractivity contribution in [2.24, 2.45) is 0 Å². The van der Waals surface area contributed by atoms with Crippen LogP contribution in [0.4, 0.5) is 10.3 Å². The van der Waals surface area contributed by atoms with Crippen LogP contribution in [-0.2, 0) is 4.74 Å². The number of nitrogens with two attached hydrogens (primary N) is 1. The highest BCUT2D eigenvalue weighted by Crippen LogP contribution is 2.46. The Bertz CT molecular complexity index is 785. The lowest BCUT2D eigenvalue weighted by Gasteiger charge is -2.30. The molecule has 2 aromatic heterocycles. The van der Waals surface area contributed by atoms with E-state index >= 15 is 0 Å². The molecule has 0 aliphatic carbocycles. The third-order valence-corrected chi connectivity index (χ3v) is 3.83. The number of H-pyrrole nitrogens is 1. The van der Waals surface area contributed by atoms with Gasteiger partial charge in [0.05, 0.1) is 12.9 Å². The average Bonchev–Trinajstić information content (AvgIpc) is 2.89. The number of aliphatic hydroxyl groups excluding tert-OH is 1. The number of nitrogen functional groups attached to an aromatic ring is 1. The third kappa shape index (κ3) is 1.76. The Labute approximate surface area is 122 Å². The van der Waals surface area contributed by atoms with Crippen molar-refractivity contribution in [3.05, 3.63) is 16.7 Å². The van der Waals surface area contributed by atoms with Gasteiger partial charge >= 0.3 is 0 Å². The summed E-state index contributed by atoms with van der Waals surface area (Å²) in [7, 11) is 0. The van der Waals surface area contributed by atoms with Gasteiger partial charge in [-0.1, -0.05) is 0 Å². The van der Waals surface area contributed by atoms with Crippen LogP contribution in [0.25, 0.3) is 11.2 Å². The molecule has 3 heterocycles. The molecule has 11 heteroatoms. The highest BCUT2D eigenvalue weighted by atomic mass is 19.2. The van der Waals surface area contributed by atoms with E-state index in [0.29, 0.717) is 0 Å². The van der Waals surface area contributed by atoms with Crippen molar-refractivity contribution in [2.75, 3.05) is 12.3 Å². The van der Waals surface area contributed by atoms with E-state index < -0.39 is 36.0 Å². The first-order chi connectivity index (χ1) is 10.2. The summed E-state index contributed by atoms with van der Waals surface area (Å²) in [5, 5.41) is 29.3. The largest absolute Gasteiger partial charge is 0.394 e. The van der Waals surface area contributed by atoms with Gasteiger partial charge < -0.3 is 25.8 Å². The summed E-state index contributed by atoms with van der Waals surface area (Å²) in [6.45, 7) is 0.264. The highest BCUT2D eigenvalue weighted by Gasteiger charge is 2.65. The van der Waals surface area contributed by atoms with Gasteiger partial charge in [0.1, 0.15) is 6.10 Å². The first-order valence-corrected chi connectivity index (χ1v) is 6.32. The van der Waals surface area contributed by atoms with E-state index in [9.17, 15) is 24.5 Å². The molecule has 0 radical (unpaired) electrons. The van der Waals surface area contributed by atoms with E-state index in [2.05, 4.69) is 15.0 Å². The van der Waals surface area contributed by atoms with Crippen LogP contribution in [0.1, 0.15) is 13.2 Å². The van der Waals surface area contributed by atoms with E-state index in [1.807, 2.05) is 0 Å². The molecule has 22 heavy (non-hydrogen) atoms. The lowest BCUT2D eigenvalue weighted by molar-refractivity contribution is -0.229. The normalized spacial score (nSPS) is 35.3. The fourth-order valence-corrected chi connectivity index (χ4v) is 2.44. The highest BCUT2D eigenvalue weighted by molar-refractivity contribution is 5.70. The fraction of sp³-hybridized carbons (Fsp3) is 0.545. The number of anilines is 1. The zero-order chi connectivity index (χ0) is 16.3. The van der Waals surface area contributed by atoms with Gasteiger partial charge in [0, 0.05) is 0 Å². The molecule has 0 saturated carbocycles. The van der Waals surface area contributed by atoms with Crippen LogP contribution >= 0.6 is 0 Å². The maximum absolute atomic E-state index is 14.7. The molecule has 0 spiro atoms. The van der Waals surface area contributed by atoms with Crippen LogP contribution < -0.4 is 11.3 Å². The van der Waals surface area contributed by atoms with E-state index in [1.54, 1.807) is 0 Å². The number of halogens is 1. The molecule has 6 N–H and O–H groups in total. The molecular weight excluding hydrogens is 301 g/mol. The number of hydrogen-bond donors (Lipinski definition) is 5. The molecule has 0 aromatic carbocycles. The molecule has 120 valence electrons. The smallest absolute Gasteiger partial charge is 0.283 e. The molecule has 3 rings (SSSR count). The van der Waals surface area contributed by atoms with E-state index in [-0.39, 0.29) is 17.1 Å². The number of fused-ring (bicyclic) bond motifs is 1. The Morgan fingerprint density at radius 3 is 2.86 bits per heavy atom. The molecule has 4 atom stereocenters. The minimum absolute atomic E-state index is 0.128. The molecule has 0 bridgehead atoms. The minimum atomic E-state index is -3.26. The molecule has 1 saturated heterocycles. The summed E-state index contributed by atoms with van der Waals surface area (Å²) in [5.41, 5.74) is 2.14. The van der Waals surface area contributed by atoms with Crippen molar-refractivity contribution in [3.8, 4) is 0 Å². The maximum Gasteiger partial charge on any atom is 0.283 e. The van der Waals surface area contributed by atoms with Gasteiger partial charge in [-0.05, 0) is 6.92 Å². The predicted molar refractivity (Wildman–Crippen MR) is 70.2 cm³/mol. The number of aromatic nitrogens is 4. The van der Waals surface area contributed by atoms with Gasteiger partial charge in [-0.2, -0.15) is 4.98 Å². The summed E-state index contributed by atoms with van der Waals surface area (Å²) in [6, 6.07) is 0. The number of rotatable bonds is 2. The van der Waals surface area contributed by atoms with Gasteiger partial charge in [0.15, 0.2) is 23.0 Å². The second-order valence-corrected chi connectivity index (χ2v) is 5.26. The summed E-state index contributed by atoms with van der Waals surface area (Å²) >= 11 is 0. The van der Waals surface area contributed by atoms with Crippen LogP contribution in [0.15, 0.2) is 11.1 Å². The number of nitrogens with one attached hydrogen (secondary N) is 1. The molecule has 2 aromatic rings. The first kappa shape index (κ1) is 14.8. The standard InChI is InChI=1S/C11H14FN5O5/c1-10(20)4(2-18)22-8(11(10,12)21)17-3-14-5-6(17)15-9(13)16-7(5)19/h3-4,8,18,20-21H,2H2,1H3,(H3,13,15,16,19)/t4-,8-,10-,11+/m1/s1. The van der Waals surface area contributed by atoms with Gasteiger partial charge in [-0.15, -0.1) is 0 Å². The van der Waals surface area contributed by atoms with Gasteiger partial charge in [-0.3, -0.25) is 14.3 Å². The van der Waals surface area contributed by atoms with Crippen LogP contribution in [0, 0.1) is 0 Å². The zero-order valence-corrected chi connectivity index (χ0v) is 11.4. The Kier molecular flexibility index (Phi) is 3.01. The predicted octanol–water partition coefficient (Wildman–Crippen LogP) is -2.00. The Hall–Kier alpha value is -2.08. The third-order valence-electron chi connectivity index (χ3n) is 3.83. The number of aromatic amines is 1. The van der Waals surface area contributed by atoms with E-state index in [1.165, 1.54) is 0 Å². The number of nitrogens with zero attached hydrogens (tertiary/aromatic N) is 3. The number of alkyl halides is 1. The number of hydrogen-bond acceptors (Lipinski definition) is 8. The number of aliphatic hydroxyl groups is 3. The summed E-state index contributed by atoms with van der Waals surface area (Å²) in [4.78, 5) is 21.5. The second-order valence-electron chi connectivity index (χ2n) is 5.26. The Morgan fingerprint density at radius 2 is 2.27 bits per heavy atom. The van der Waals surface area contributed by atoms with Gasteiger partial charge in [0.2, 0.25) is 5.95 Å². The number of ether oxygens (including phenoxy) is 1. The van der Waals surface area contributed by atoms with E-state index in [0.717, 1.165) is 17.8 Å². The summed E-state index contributed by atoms with van der Waals surface area (Å²) in [5.74, 6) is -3.49. The lowest BCUT2D eigenvalue weighted by atomic mass is 9.92. The van der Waals surface area contributed by atoms with Crippen LogP contribution in [0.2, 0.25) is 0 Å². The SMILES string of the molecule is C[C@@]1(O)[C@@H](CO)O[C@@H](n2cnc3c(=O)[nH]c(N)nc32)[C@@]1(O)F. The van der Waals surface area contributed by atoms with Crippen molar-refractivity contribution < 1.29 is 24.4 Å². The first-order valence-electron chi connectivity index (χ1n) is 6.32.